The highest BCUT2D eigenvalue weighted by Gasteiger charge is 2.27. The quantitative estimate of drug-likeness (QED) is 0.763. The summed E-state index contributed by atoms with van der Waals surface area (Å²) in [5, 5.41) is 4.41. The lowest BCUT2D eigenvalue weighted by Gasteiger charge is -2.06. The molecule has 16 heavy (non-hydrogen) atoms. The maximum Gasteiger partial charge on any atom is 0.345 e. The molecule has 0 radical (unpaired) electrons. The number of aromatic nitrogens is 3. The molecule has 2 heterocycles. The first kappa shape index (κ1) is 10.1. The maximum absolute atomic E-state index is 11.9. The van der Waals surface area contributed by atoms with Crippen molar-refractivity contribution in [3.8, 4) is 0 Å². The van der Waals surface area contributed by atoms with Crippen LogP contribution in [0.3, 0.4) is 0 Å². The monoisotopic (exact) mass is 223 g/mol. The lowest BCUT2D eigenvalue weighted by molar-refractivity contribution is 0.102. The Morgan fingerprint density at radius 1 is 1.44 bits per heavy atom. The number of ether oxygens (including phenoxy) is 1. The molecule has 88 valence electrons. The summed E-state index contributed by atoms with van der Waals surface area (Å²) < 4.78 is 8.82. The molecular weight excluding hydrogens is 206 g/mol. The van der Waals surface area contributed by atoms with Gasteiger partial charge in [-0.2, -0.15) is 5.10 Å². The van der Waals surface area contributed by atoms with Crippen molar-refractivity contribution < 1.29 is 4.74 Å². The van der Waals surface area contributed by atoms with Crippen LogP contribution in [0.2, 0.25) is 0 Å². The van der Waals surface area contributed by atoms with Crippen molar-refractivity contribution in [2.75, 3.05) is 6.61 Å². The van der Waals surface area contributed by atoms with Gasteiger partial charge in [0.25, 0.3) is 0 Å². The van der Waals surface area contributed by atoms with Crippen molar-refractivity contribution in [3.63, 3.8) is 0 Å². The molecule has 0 spiro atoms. The van der Waals surface area contributed by atoms with Crippen LogP contribution in [0, 0.1) is 5.92 Å². The minimum absolute atomic E-state index is 0.00241. The summed E-state index contributed by atoms with van der Waals surface area (Å²) in [6.45, 7) is 1.56. The Balaban J connectivity index is 1.89. The molecule has 1 atom stereocenters. The van der Waals surface area contributed by atoms with Gasteiger partial charge in [0.1, 0.15) is 6.10 Å². The van der Waals surface area contributed by atoms with Crippen LogP contribution >= 0.6 is 0 Å². The van der Waals surface area contributed by atoms with Crippen LogP contribution in [-0.2, 0) is 18.3 Å². The second-order valence-electron chi connectivity index (χ2n) is 4.83. The summed E-state index contributed by atoms with van der Waals surface area (Å²) in [6, 6.07) is 0. The van der Waals surface area contributed by atoms with Crippen molar-refractivity contribution in [3.05, 3.63) is 16.3 Å². The first-order valence-corrected chi connectivity index (χ1v) is 6.01. The Bertz CT molecular complexity index is 439. The average Bonchev–Trinajstić information content (AvgIpc) is 2.84. The topological polar surface area (TPSA) is 49.0 Å². The number of rotatable bonds is 3. The Kier molecular flexibility index (Phi) is 2.35. The molecule has 1 unspecified atom stereocenters. The largest absolute Gasteiger partial charge is 0.370 e. The van der Waals surface area contributed by atoms with E-state index in [1.807, 2.05) is 0 Å². The van der Waals surface area contributed by atoms with Gasteiger partial charge in [-0.1, -0.05) is 0 Å². The highest BCUT2D eigenvalue weighted by molar-refractivity contribution is 4.94. The molecule has 0 bridgehead atoms. The van der Waals surface area contributed by atoms with E-state index in [4.69, 9.17) is 4.74 Å². The van der Waals surface area contributed by atoms with Gasteiger partial charge in [-0.25, -0.2) is 9.48 Å². The molecule has 0 aromatic carbocycles. The second-order valence-corrected chi connectivity index (χ2v) is 4.83. The van der Waals surface area contributed by atoms with Gasteiger partial charge in [0.2, 0.25) is 0 Å². The fourth-order valence-electron chi connectivity index (χ4n) is 2.23. The average molecular weight is 223 g/mol. The zero-order valence-electron chi connectivity index (χ0n) is 9.56. The van der Waals surface area contributed by atoms with Crippen LogP contribution in [0.25, 0.3) is 0 Å². The summed E-state index contributed by atoms with van der Waals surface area (Å²) in [5.74, 6) is 1.47. The molecule has 1 aromatic rings. The molecule has 0 N–H and O–H groups in total. The summed E-state index contributed by atoms with van der Waals surface area (Å²) in [5.41, 5.74) is -0.00241. The Morgan fingerprint density at radius 2 is 2.25 bits per heavy atom. The van der Waals surface area contributed by atoms with E-state index < -0.39 is 0 Å². The molecule has 5 heteroatoms. The van der Waals surface area contributed by atoms with Crippen LogP contribution in [0.4, 0.5) is 0 Å². The minimum atomic E-state index is -0.00241. The standard InChI is InChI=1S/C11H17N3O2/c1-13-10(9-3-2-6-16-9)12-14(11(13)15)7-8-4-5-8/h8-9H,2-7H2,1H3. The van der Waals surface area contributed by atoms with Crippen LogP contribution in [-0.4, -0.2) is 21.0 Å². The zero-order valence-corrected chi connectivity index (χ0v) is 9.56. The van der Waals surface area contributed by atoms with Crippen LogP contribution in [0.1, 0.15) is 37.6 Å². The molecule has 3 rings (SSSR count). The van der Waals surface area contributed by atoms with E-state index in [-0.39, 0.29) is 11.8 Å². The van der Waals surface area contributed by atoms with E-state index in [0.29, 0.717) is 5.92 Å². The third-order valence-electron chi connectivity index (χ3n) is 3.42. The molecule has 2 aliphatic rings. The Hall–Kier alpha value is -1.10. The van der Waals surface area contributed by atoms with E-state index in [1.165, 1.54) is 12.8 Å². The van der Waals surface area contributed by atoms with Gasteiger partial charge in [0.05, 0.1) is 0 Å². The molecule has 2 fully saturated rings. The van der Waals surface area contributed by atoms with Crippen molar-refractivity contribution in [2.24, 2.45) is 13.0 Å². The van der Waals surface area contributed by atoms with Crippen molar-refractivity contribution in [1.82, 2.24) is 14.3 Å². The van der Waals surface area contributed by atoms with E-state index >= 15 is 0 Å². The lowest BCUT2D eigenvalue weighted by Crippen LogP contribution is -2.24. The third kappa shape index (κ3) is 1.69. The first-order chi connectivity index (χ1) is 7.75. The molecule has 1 aliphatic heterocycles. The van der Waals surface area contributed by atoms with Gasteiger partial charge in [-0.15, -0.1) is 0 Å². The van der Waals surface area contributed by atoms with Gasteiger partial charge in [0, 0.05) is 20.2 Å². The molecule has 0 amide bonds. The van der Waals surface area contributed by atoms with Gasteiger partial charge in [-0.3, -0.25) is 4.57 Å². The van der Waals surface area contributed by atoms with E-state index in [0.717, 1.165) is 31.8 Å². The summed E-state index contributed by atoms with van der Waals surface area (Å²) in [4.78, 5) is 11.9. The zero-order chi connectivity index (χ0) is 11.1. The predicted molar refractivity (Wildman–Crippen MR) is 58.1 cm³/mol. The smallest absolute Gasteiger partial charge is 0.345 e. The Morgan fingerprint density at radius 3 is 2.88 bits per heavy atom. The fourth-order valence-corrected chi connectivity index (χ4v) is 2.23. The predicted octanol–water partition coefficient (Wildman–Crippen LogP) is 0.843. The third-order valence-corrected chi connectivity index (χ3v) is 3.42. The number of nitrogens with zero attached hydrogens (tertiary/aromatic N) is 3. The maximum atomic E-state index is 11.9. The van der Waals surface area contributed by atoms with Crippen LogP contribution in [0.5, 0.6) is 0 Å². The van der Waals surface area contributed by atoms with Gasteiger partial charge in [-0.05, 0) is 31.6 Å². The van der Waals surface area contributed by atoms with E-state index in [1.54, 1.807) is 16.3 Å². The minimum Gasteiger partial charge on any atom is -0.370 e. The fraction of sp³-hybridized carbons (Fsp3) is 0.818. The molecule has 1 saturated carbocycles. The highest BCUT2D eigenvalue weighted by atomic mass is 16.5. The summed E-state index contributed by atoms with van der Waals surface area (Å²) in [6.07, 6.45) is 4.54. The molecule has 1 saturated heterocycles. The molecule has 5 nitrogen and oxygen atoms in total. The van der Waals surface area contributed by atoms with Gasteiger partial charge >= 0.3 is 5.69 Å². The van der Waals surface area contributed by atoms with Crippen LogP contribution in [0.15, 0.2) is 4.79 Å². The first-order valence-electron chi connectivity index (χ1n) is 6.01. The molecular formula is C11H17N3O2. The van der Waals surface area contributed by atoms with Crippen molar-refractivity contribution in [1.29, 1.82) is 0 Å². The van der Waals surface area contributed by atoms with Gasteiger partial charge < -0.3 is 4.74 Å². The summed E-state index contributed by atoms with van der Waals surface area (Å²) in [7, 11) is 1.79. The highest BCUT2D eigenvalue weighted by Crippen LogP contribution is 2.30. The SMILES string of the molecule is Cn1c(C2CCCO2)nn(CC2CC2)c1=O. The molecule has 1 aliphatic carbocycles. The molecule has 1 aromatic heterocycles. The van der Waals surface area contributed by atoms with E-state index in [2.05, 4.69) is 5.10 Å². The number of hydrogen-bond donors (Lipinski definition) is 0. The van der Waals surface area contributed by atoms with Crippen molar-refractivity contribution >= 4 is 0 Å². The lowest BCUT2D eigenvalue weighted by atomic mass is 10.2. The van der Waals surface area contributed by atoms with Gasteiger partial charge in [0.15, 0.2) is 5.82 Å². The summed E-state index contributed by atoms with van der Waals surface area (Å²) >= 11 is 0. The Labute approximate surface area is 94.0 Å². The normalized spacial score (nSPS) is 25.2. The van der Waals surface area contributed by atoms with Crippen LogP contribution < -0.4 is 5.69 Å². The van der Waals surface area contributed by atoms with Crippen molar-refractivity contribution in [2.45, 2.75) is 38.3 Å². The van der Waals surface area contributed by atoms with E-state index in [9.17, 15) is 4.79 Å². The number of hydrogen-bond acceptors (Lipinski definition) is 3. The second kappa shape index (κ2) is 3.73.